The average molecular weight is 489 g/mol. The lowest BCUT2D eigenvalue weighted by Crippen LogP contribution is -2.30. The number of anilines is 1. The molecule has 0 spiro atoms. The number of imidazole rings is 1. The topological polar surface area (TPSA) is 78.5 Å². The SMILES string of the molecule is Cc1c(CCNC(C)Cc2nc3ccccc3[nH]2)sc2ncnc(NCC3=CCC=CC=C3F)c12. The number of benzene rings is 1. The molecule has 35 heavy (non-hydrogen) atoms. The standard InChI is InChI=1S/C27H29FN6S/c1-17(14-24-33-21-10-6-7-11-22(21)34-24)29-13-12-23-18(2)25-26(31-16-32-27(25)35-23)30-15-19-8-4-3-5-9-20(19)28/h3,5-11,16-17,29H,4,12-15H2,1-2H3,(H,33,34)(H,30,31,32). The van der Waals surface area contributed by atoms with Crippen molar-refractivity contribution in [1.82, 2.24) is 25.3 Å². The third kappa shape index (κ3) is 5.33. The molecule has 4 aromatic rings. The van der Waals surface area contributed by atoms with E-state index in [-0.39, 0.29) is 5.83 Å². The van der Waals surface area contributed by atoms with Crippen LogP contribution in [-0.4, -0.2) is 39.1 Å². The molecule has 3 heterocycles. The first-order chi connectivity index (χ1) is 17.1. The van der Waals surface area contributed by atoms with Gasteiger partial charge in [-0.15, -0.1) is 11.3 Å². The van der Waals surface area contributed by atoms with Crippen LogP contribution in [0, 0.1) is 6.92 Å². The predicted octanol–water partition coefficient (Wildman–Crippen LogP) is 5.79. The zero-order chi connectivity index (χ0) is 24.2. The molecule has 1 aliphatic carbocycles. The highest BCUT2D eigenvalue weighted by Gasteiger charge is 2.16. The number of halogens is 1. The third-order valence-corrected chi connectivity index (χ3v) is 7.50. The molecular weight excluding hydrogens is 459 g/mol. The fraction of sp³-hybridized carbons (Fsp3) is 0.296. The van der Waals surface area contributed by atoms with E-state index >= 15 is 0 Å². The monoisotopic (exact) mass is 488 g/mol. The van der Waals surface area contributed by atoms with Gasteiger partial charge < -0.3 is 15.6 Å². The van der Waals surface area contributed by atoms with Gasteiger partial charge in [-0.2, -0.15) is 0 Å². The molecule has 1 aliphatic rings. The first-order valence-electron chi connectivity index (χ1n) is 11.9. The first-order valence-corrected chi connectivity index (χ1v) is 12.8. The van der Waals surface area contributed by atoms with Gasteiger partial charge in [0.15, 0.2) is 0 Å². The highest BCUT2D eigenvalue weighted by Crippen LogP contribution is 2.33. The summed E-state index contributed by atoms with van der Waals surface area (Å²) in [4.78, 5) is 19.3. The van der Waals surface area contributed by atoms with Crippen molar-refractivity contribution in [2.75, 3.05) is 18.4 Å². The Hall–Kier alpha value is -3.36. The minimum absolute atomic E-state index is 0.206. The van der Waals surface area contributed by atoms with Crippen LogP contribution in [0.2, 0.25) is 0 Å². The molecule has 8 heteroatoms. The summed E-state index contributed by atoms with van der Waals surface area (Å²) < 4.78 is 14.3. The normalized spacial score (nSPS) is 14.7. The van der Waals surface area contributed by atoms with E-state index in [0.717, 1.165) is 58.7 Å². The van der Waals surface area contributed by atoms with Gasteiger partial charge in [0, 0.05) is 36.0 Å². The second kappa shape index (κ2) is 10.5. The van der Waals surface area contributed by atoms with E-state index in [1.165, 1.54) is 16.5 Å². The molecule has 180 valence electrons. The van der Waals surface area contributed by atoms with Gasteiger partial charge in [0.1, 0.15) is 28.6 Å². The Balaban J connectivity index is 1.21. The van der Waals surface area contributed by atoms with Gasteiger partial charge in [0.25, 0.3) is 0 Å². The summed E-state index contributed by atoms with van der Waals surface area (Å²) >= 11 is 1.70. The number of thiophene rings is 1. The van der Waals surface area contributed by atoms with Crippen molar-refractivity contribution in [2.45, 2.75) is 39.2 Å². The summed E-state index contributed by atoms with van der Waals surface area (Å²) in [5.74, 6) is 1.55. The Morgan fingerprint density at radius 1 is 1.23 bits per heavy atom. The maximum absolute atomic E-state index is 14.3. The number of para-hydroxylation sites is 2. The highest BCUT2D eigenvalue weighted by atomic mass is 32.1. The number of hydrogen-bond donors (Lipinski definition) is 3. The van der Waals surface area contributed by atoms with Crippen LogP contribution in [0.4, 0.5) is 10.2 Å². The molecule has 0 radical (unpaired) electrons. The Morgan fingerprint density at radius 2 is 2.11 bits per heavy atom. The summed E-state index contributed by atoms with van der Waals surface area (Å²) in [6.45, 7) is 5.56. The number of fused-ring (bicyclic) bond motifs is 2. The predicted molar refractivity (Wildman–Crippen MR) is 143 cm³/mol. The summed E-state index contributed by atoms with van der Waals surface area (Å²) in [5, 5.41) is 7.99. The molecule has 1 aromatic carbocycles. The highest BCUT2D eigenvalue weighted by molar-refractivity contribution is 7.18. The molecule has 0 bridgehead atoms. The van der Waals surface area contributed by atoms with Crippen molar-refractivity contribution >= 4 is 38.4 Å². The molecule has 0 saturated heterocycles. The van der Waals surface area contributed by atoms with Crippen molar-refractivity contribution in [2.24, 2.45) is 0 Å². The van der Waals surface area contributed by atoms with Crippen molar-refractivity contribution in [1.29, 1.82) is 0 Å². The zero-order valence-corrected chi connectivity index (χ0v) is 20.8. The number of nitrogens with zero attached hydrogens (tertiary/aromatic N) is 3. The maximum Gasteiger partial charge on any atom is 0.138 e. The lowest BCUT2D eigenvalue weighted by atomic mass is 10.1. The van der Waals surface area contributed by atoms with Gasteiger partial charge in [-0.3, -0.25) is 0 Å². The maximum atomic E-state index is 14.3. The number of aromatic amines is 1. The second-order valence-electron chi connectivity index (χ2n) is 8.82. The van der Waals surface area contributed by atoms with Crippen molar-refractivity contribution in [3.05, 3.63) is 82.6 Å². The Kier molecular flexibility index (Phi) is 7.01. The smallest absolute Gasteiger partial charge is 0.138 e. The molecule has 1 atom stereocenters. The van der Waals surface area contributed by atoms with Gasteiger partial charge >= 0.3 is 0 Å². The van der Waals surface area contributed by atoms with Gasteiger partial charge in [-0.1, -0.05) is 30.4 Å². The summed E-state index contributed by atoms with van der Waals surface area (Å²) in [7, 11) is 0. The van der Waals surface area contributed by atoms with E-state index in [0.29, 0.717) is 18.2 Å². The number of nitrogens with one attached hydrogen (secondary N) is 3. The van der Waals surface area contributed by atoms with Crippen LogP contribution in [-0.2, 0) is 12.8 Å². The molecule has 0 aliphatic heterocycles. The van der Waals surface area contributed by atoms with Crippen LogP contribution >= 0.6 is 11.3 Å². The van der Waals surface area contributed by atoms with E-state index in [4.69, 9.17) is 0 Å². The number of H-pyrrole nitrogens is 1. The third-order valence-electron chi connectivity index (χ3n) is 6.24. The quantitative estimate of drug-likeness (QED) is 0.278. The van der Waals surface area contributed by atoms with Gasteiger partial charge in [-0.05, 0) is 50.5 Å². The lowest BCUT2D eigenvalue weighted by Gasteiger charge is -2.12. The minimum Gasteiger partial charge on any atom is -0.365 e. The largest absolute Gasteiger partial charge is 0.365 e. The molecule has 1 unspecified atom stereocenters. The van der Waals surface area contributed by atoms with Gasteiger partial charge in [0.2, 0.25) is 0 Å². The second-order valence-corrected chi connectivity index (χ2v) is 9.91. The van der Waals surface area contributed by atoms with Crippen LogP contribution in [0.15, 0.2) is 66.3 Å². The fourth-order valence-corrected chi connectivity index (χ4v) is 5.51. The van der Waals surface area contributed by atoms with Crippen LogP contribution in [0.1, 0.15) is 29.6 Å². The Bertz CT molecular complexity index is 1400. The Morgan fingerprint density at radius 3 is 3.00 bits per heavy atom. The van der Waals surface area contributed by atoms with Crippen LogP contribution in [0.25, 0.3) is 21.3 Å². The van der Waals surface area contributed by atoms with E-state index in [2.05, 4.69) is 50.5 Å². The number of allylic oxidation sites excluding steroid dienone is 4. The van der Waals surface area contributed by atoms with Crippen LogP contribution in [0.3, 0.4) is 0 Å². The zero-order valence-electron chi connectivity index (χ0n) is 19.9. The van der Waals surface area contributed by atoms with E-state index < -0.39 is 0 Å². The molecule has 5 rings (SSSR count). The van der Waals surface area contributed by atoms with Crippen LogP contribution in [0.5, 0.6) is 0 Å². The number of hydrogen-bond acceptors (Lipinski definition) is 6. The number of aryl methyl sites for hydroxylation is 1. The molecule has 0 fully saturated rings. The van der Waals surface area contributed by atoms with E-state index in [1.54, 1.807) is 23.7 Å². The molecule has 6 nitrogen and oxygen atoms in total. The van der Waals surface area contributed by atoms with Crippen molar-refractivity contribution in [3.8, 4) is 0 Å². The number of aromatic nitrogens is 4. The Labute approximate surface area is 208 Å². The van der Waals surface area contributed by atoms with Crippen molar-refractivity contribution in [3.63, 3.8) is 0 Å². The van der Waals surface area contributed by atoms with Crippen molar-refractivity contribution < 1.29 is 4.39 Å². The lowest BCUT2D eigenvalue weighted by molar-refractivity contribution is 0.540. The molecule has 0 amide bonds. The van der Waals surface area contributed by atoms with Gasteiger partial charge in [0.05, 0.1) is 16.4 Å². The molecular formula is C27H29FN6S. The van der Waals surface area contributed by atoms with Crippen LogP contribution < -0.4 is 10.6 Å². The first kappa shape index (κ1) is 23.4. The average Bonchev–Trinajstić information content (AvgIpc) is 3.33. The molecule has 3 N–H and O–H groups in total. The van der Waals surface area contributed by atoms with Gasteiger partial charge in [-0.25, -0.2) is 19.3 Å². The molecule has 0 saturated carbocycles. The molecule has 3 aromatic heterocycles. The minimum atomic E-state index is -0.206. The summed E-state index contributed by atoms with van der Waals surface area (Å²) in [6.07, 6.45) is 11.2. The summed E-state index contributed by atoms with van der Waals surface area (Å²) in [5.41, 5.74) is 3.92. The number of rotatable bonds is 9. The summed E-state index contributed by atoms with van der Waals surface area (Å²) in [6, 6.07) is 8.41. The fourth-order valence-electron chi connectivity index (χ4n) is 4.37. The van der Waals surface area contributed by atoms with E-state index in [1.807, 2.05) is 30.4 Å². The van der Waals surface area contributed by atoms with E-state index in [9.17, 15) is 4.39 Å².